The molecule has 0 atom stereocenters. The maximum absolute atomic E-state index is 4.74. The van der Waals surface area contributed by atoms with Gasteiger partial charge in [-0.05, 0) is 46.5 Å². The number of aryl methyl sites for hydroxylation is 2. The Labute approximate surface area is 182 Å². The van der Waals surface area contributed by atoms with Crippen molar-refractivity contribution in [2.45, 2.75) is 6.42 Å². The Bertz CT molecular complexity index is 1170. The van der Waals surface area contributed by atoms with Gasteiger partial charge in [-0.3, -0.25) is 9.97 Å². The molecule has 4 aromatic heterocycles. The molecule has 4 nitrogen and oxygen atoms in total. The summed E-state index contributed by atoms with van der Waals surface area (Å²) >= 11 is 0. The number of hydrogen-bond acceptors (Lipinski definition) is 2. The molecule has 0 fully saturated rings. The summed E-state index contributed by atoms with van der Waals surface area (Å²) in [4.78, 5) is 9.49. The molecule has 5 rings (SSSR count). The van der Waals surface area contributed by atoms with Crippen LogP contribution in [0.3, 0.4) is 0 Å². The van der Waals surface area contributed by atoms with Crippen molar-refractivity contribution in [2.75, 3.05) is 0 Å². The van der Waals surface area contributed by atoms with Gasteiger partial charge in [-0.1, -0.05) is 12.1 Å². The first-order valence-electron chi connectivity index (χ1n) is 10.4. The molecule has 31 heavy (non-hydrogen) atoms. The maximum atomic E-state index is 4.74. The fourth-order valence-electron chi connectivity index (χ4n) is 4.14. The predicted molar refractivity (Wildman–Crippen MR) is 122 cm³/mol. The molecule has 0 saturated heterocycles. The average molecular weight is 405 g/mol. The Kier molecular flexibility index (Phi) is 4.97. The Morgan fingerprint density at radius 2 is 1.00 bits per heavy atom. The number of nitrogens with zero attached hydrogens (tertiary/aromatic N) is 4. The van der Waals surface area contributed by atoms with Crippen LogP contribution in [0.2, 0.25) is 0 Å². The van der Waals surface area contributed by atoms with E-state index in [9.17, 15) is 0 Å². The van der Waals surface area contributed by atoms with Crippen LogP contribution in [0, 0.1) is 0 Å². The lowest BCUT2D eigenvalue weighted by Gasteiger charge is -2.12. The largest absolute Gasteiger partial charge is 0.256 e. The summed E-state index contributed by atoms with van der Waals surface area (Å²) in [6, 6.07) is 20.9. The summed E-state index contributed by atoms with van der Waals surface area (Å²) in [5.74, 6) is 0. The van der Waals surface area contributed by atoms with E-state index in [0.29, 0.717) is 0 Å². The van der Waals surface area contributed by atoms with Crippen molar-refractivity contribution >= 4 is 22.3 Å². The summed E-state index contributed by atoms with van der Waals surface area (Å²) < 4.78 is 4.12. The van der Waals surface area contributed by atoms with Crippen molar-refractivity contribution in [3.63, 3.8) is 0 Å². The van der Waals surface area contributed by atoms with Gasteiger partial charge in [-0.25, -0.2) is 9.13 Å². The molecule has 1 aliphatic carbocycles. The Morgan fingerprint density at radius 3 is 1.35 bits per heavy atom. The molecule has 0 radical (unpaired) electrons. The highest BCUT2D eigenvalue weighted by atomic mass is 14.9. The highest BCUT2D eigenvalue weighted by molar-refractivity contribution is 6.26. The molecule has 0 bridgehead atoms. The molecule has 4 heteroatoms. The summed E-state index contributed by atoms with van der Waals surface area (Å²) in [6.07, 6.45) is 12.9. The van der Waals surface area contributed by atoms with E-state index in [1.807, 2.05) is 38.6 Å². The van der Waals surface area contributed by atoms with E-state index in [1.165, 1.54) is 22.3 Å². The second-order valence-electron chi connectivity index (χ2n) is 7.82. The van der Waals surface area contributed by atoms with Gasteiger partial charge in [-0.15, -0.1) is 0 Å². The van der Waals surface area contributed by atoms with Gasteiger partial charge in [0.15, 0.2) is 24.8 Å². The van der Waals surface area contributed by atoms with E-state index in [0.717, 1.165) is 29.0 Å². The van der Waals surface area contributed by atoms with Crippen molar-refractivity contribution in [3.05, 3.63) is 120 Å². The highest BCUT2D eigenvalue weighted by Crippen LogP contribution is 2.50. The third kappa shape index (κ3) is 3.68. The van der Waals surface area contributed by atoms with Gasteiger partial charge in [0.1, 0.15) is 14.1 Å². The first-order valence-corrected chi connectivity index (χ1v) is 10.4. The topological polar surface area (TPSA) is 33.5 Å². The number of hydrogen-bond donors (Lipinski definition) is 0. The standard InChI is InChI=1S/C27H24N4/c1-30-15-9-20(10-16-30)22-19-23(21-11-17-31(2)18-12-21)27(25-8-4-6-14-29-25)26(22)24-7-3-5-13-28-24/h3-18H,19H2,1-2H3/q+2. The Balaban J connectivity index is 1.79. The zero-order chi connectivity index (χ0) is 21.2. The van der Waals surface area contributed by atoms with Gasteiger partial charge in [0.25, 0.3) is 0 Å². The summed E-state index contributed by atoms with van der Waals surface area (Å²) in [7, 11) is 4.08. The average Bonchev–Trinajstić information content (AvgIpc) is 3.22. The minimum Gasteiger partial charge on any atom is -0.256 e. The lowest BCUT2D eigenvalue weighted by molar-refractivity contribution is -0.671. The lowest BCUT2D eigenvalue weighted by Crippen LogP contribution is -2.26. The van der Waals surface area contributed by atoms with E-state index >= 15 is 0 Å². The number of aromatic nitrogens is 4. The van der Waals surface area contributed by atoms with Crippen LogP contribution in [0.15, 0.2) is 97.8 Å². The number of rotatable bonds is 4. The first kappa shape index (κ1) is 19.1. The summed E-state index contributed by atoms with van der Waals surface area (Å²) in [6.45, 7) is 0. The molecule has 1 aliphatic rings. The van der Waals surface area contributed by atoms with Gasteiger partial charge in [0, 0.05) is 54.2 Å². The van der Waals surface area contributed by atoms with Crippen molar-refractivity contribution in [2.24, 2.45) is 14.1 Å². The molecule has 0 amide bonds. The third-order valence-corrected chi connectivity index (χ3v) is 5.70. The van der Waals surface area contributed by atoms with Gasteiger partial charge in [-0.2, -0.15) is 0 Å². The predicted octanol–water partition coefficient (Wildman–Crippen LogP) is 4.05. The van der Waals surface area contributed by atoms with Crippen LogP contribution in [0.25, 0.3) is 22.3 Å². The van der Waals surface area contributed by atoms with Gasteiger partial charge >= 0.3 is 0 Å². The second kappa shape index (κ2) is 8.07. The van der Waals surface area contributed by atoms with E-state index < -0.39 is 0 Å². The maximum Gasteiger partial charge on any atom is 0.169 e. The quantitative estimate of drug-likeness (QED) is 0.481. The molecule has 0 N–H and O–H groups in total. The van der Waals surface area contributed by atoms with Crippen molar-refractivity contribution in [1.29, 1.82) is 0 Å². The molecule has 0 unspecified atom stereocenters. The van der Waals surface area contributed by atoms with Gasteiger partial charge < -0.3 is 0 Å². The van der Waals surface area contributed by atoms with E-state index in [-0.39, 0.29) is 0 Å². The highest BCUT2D eigenvalue weighted by Gasteiger charge is 2.30. The van der Waals surface area contributed by atoms with Crippen LogP contribution in [0.5, 0.6) is 0 Å². The smallest absolute Gasteiger partial charge is 0.169 e. The molecule has 4 heterocycles. The molecule has 4 aromatic rings. The fourth-order valence-corrected chi connectivity index (χ4v) is 4.14. The van der Waals surface area contributed by atoms with E-state index in [1.54, 1.807) is 0 Å². The van der Waals surface area contributed by atoms with Gasteiger partial charge in [0.05, 0.1) is 11.4 Å². The van der Waals surface area contributed by atoms with Gasteiger partial charge in [0.2, 0.25) is 0 Å². The van der Waals surface area contributed by atoms with Crippen LogP contribution >= 0.6 is 0 Å². The second-order valence-corrected chi connectivity index (χ2v) is 7.82. The summed E-state index contributed by atoms with van der Waals surface area (Å²) in [5.41, 5.74) is 9.26. The van der Waals surface area contributed by atoms with Crippen LogP contribution in [0.1, 0.15) is 28.9 Å². The molecule has 0 aromatic carbocycles. The monoisotopic (exact) mass is 404 g/mol. The van der Waals surface area contributed by atoms with Crippen LogP contribution < -0.4 is 9.13 Å². The first-order chi connectivity index (χ1) is 15.2. The lowest BCUT2D eigenvalue weighted by atomic mass is 9.94. The minimum atomic E-state index is 0.833. The molecule has 0 saturated carbocycles. The van der Waals surface area contributed by atoms with Crippen molar-refractivity contribution in [3.8, 4) is 0 Å². The van der Waals surface area contributed by atoms with Crippen LogP contribution in [0.4, 0.5) is 0 Å². The van der Waals surface area contributed by atoms with Crippen LogP contribution in [-0.4, -0.2) is 9.97 Å². The molecule has 0 aliphatic heterocycles. The van der Waals surface area contributed by atoms with Crippen molar-refractivity contribution in [1.82, 2.24) is 9.97 Å². The van der Waals surface area contributed by atoms with Crippen molar-refractivity contribution < 1.29 is 9.13 Å². The SMILES string of the molecule is C[n+]1ccc(C2=C(c3ccccn3)C(c3ccccn3)=C(c3cc[n+](C)cc3)C2)cc1. The number of pyridine rings is 4. The fraction of sp³-hybridized carbons (Fsp3) is 0.111. The summed E-state index contributed by atoms with van der Waals surface area (Å²) in [5, 5.41) is 0. The minimum absolute atomic E-state index is 0.833. The Morgan fingerprint density at radius 1 is 0.581 bits per heavy atom. The molecular formula is C27H24N4+2. The molecule has 150 valence electrons. The third-order valence-electron chi connectivity index (χ3n) is 5.70. The Hall–Kier alpha value is -3.92. The molecule has 0 spiro atoms. The van der Waals surface area contributed by atoms with Crippen LogP contribution in [-0.2, 0) is 14.1 Å². The zero-order valence-corrected chi connectivity index (χ0v) is 17.7. The zero-order valence-electron chi connectivity index (χ0n) is 17.7. The van der Waals surface area contributed by atoms with E-state index in [4.69, 9.17) is 9.97 Å². The molecular weight excluding hydrogens is 380 g/mol. The van der Waals surface area contributed by atoms with E-state index in [2.05, 4.69) is 82.5 Å². The number of allylic oxidation sites excluding steroid dienone is 4. The normalized spacial score (nSPS) is 13.7.